The highest BCUT2D eigenvalue weighted by molar-refractivity contribution is 9.10. The number of carboxylic acids is 1. The summed E-state index contributed by atoms with van der Waals surface area (Å²) in [7, 11) is 0. The van der Waals surface area contributed by atoms with E-state index in [0.29, 0.717) is 6.54 Å². The monoisotopic (exact) mass is 320 g/mol. The average molecular weight is 321 g/mol. The summed E-state index contributed by atoms with van der Waals surface area (Å²) in [6.07, 6.45) is 1.82. The summed E-state index contributed by atoms with van der Waals surface area (Å²) in [5, 5.41) is 12.1. The minimum absolute atomic E-state index is 0.259. The summed E-state index contributed by atoms with van der Waals surface area (Å²) in [6.45, 7) is 2.58. The van der Waals surface area contributed by atoms with Gasteiger partial charge in [0, 0.05) is 28.6 Å². The topological polar surface area (TPSA) is 62.2 Å². The molecule has 1 heterocycles. The summed E-state index contributed by atoms with van der Waals surface area (Å²) >= 11 is 3.36. The zero-order chi connectivity index (χ0) is 13.8. The standard InChI is InChI=1S/C14H13BrN2O2/c1-9-2-3-10(7-16-9)8-17-13-5-4-11(14(18)19)6-12(13)15/h2-7,17H,8H2,1H3,(H,18,19). The van der Waals surface area contributed by atoms with Crippen molar-refractivity contribution in [2.45, 2.75) is 13.5 Å². The molecule has 5 heteroatoms. The van der Waals surface area contributed by atoms with Gasteiger partial charge >= 0.3 is 5.97 Å². The number of hydrogen-bond acceptors (Lipinski definition) is 3. The Morgan fingerprint density at radius 2 is 2.16 bits per heavy atom. The molecule has 2 N–H and O–H groups in total. The molecule has 0 fully saturated rings. The molecule has 0 radical (unpaired) electrons. The lowest BCUT2D eigenvalue weighted by atomic mass is 10.2. The number of rotatable bonds is 4. The van der Waals surface area contributed by atoms with Crippen LogP contribution in [0.3, 0.4) is 0 Å². The highest BCUT2D eigenvalue weighted by atomic mass is 79.9. The van der Waals surface area contributed by atoms with E-state index in [1.165, 1.54) is 0 Å². The fraction of sp³-hybridized carbons (Fsp3) is 0.143. The molecule has 2 aromatic rings. The van der Waals surface area contributed by atoms with Crippen LogP contribution in [0.4, 0.5) is 5.69 Å². The van der Waals surface area contributed by atoms with E-state index >= 15 is 0 Å². The number of anilines is 1. The van der Waals surface area contributed by atoms with Crippen molar-refractivity contribution in [1.29, 1.82) is 0 Å². The number of aryl methyl sites for hydroxylation is 1. The van der Waals surface area contributed by atoms with Crippen LogP contribution in [-0.4, -0.2) is 16.1 Å². The zero-order valence-corrected chi connectivity index (χ0v) is 11.9. The number of aromatic nitrogens is 1. The number of aromatic carboxylic acids is 1. The first kappa shape index (κ1) is 13.5. The van der Waals surface area contributed by atoms with Gasteiger partial charge in [-0.2, -0.15) is 0 Å². The largest absolute Gasteiger partial charge is 0.478 e. The van der Waals surface area contributed by atoms with Gasteiger partial charge in [-0.25, -0.2) is 4.79 Å². The Balaban J connectivity index is 2.07. The van der Waals surface area contributed by atoms with E-state index in [1.807, 2.05) is 25.3 Å². The number of carboxylic acid groups (broad SMARTS) is 1. The van der Waals surface area contributed by atoms with Crippen LogP contribution in [0, 0.1) is 6.92 Å². The number of nitrogens with zero attached hydrogens (tertiary/aromatic N) is 1. The zero-order valence-electron chi connectivity index (χ0n) is 10.4. The smallest absolute Gasteiger partial charge is 0.335 e. The Morgan fingerprint density at radius 3 is 2.74 bits per heavy atom. The maximum Gasteiger partial charge on any atom is 0.335 e. The van der Waals surface area contributed by atoms with Crippen LogP contribution in [0.2, 0.25) is 0 Å². The molecule has 0 bridgehead atoms. The lowest BCUT2D eigenvalue weighted by Gasteiger charge is -2.09. The second-order valence-electron chi connectivity index (χ2n) is 4.16. The minimum Gasteiger partial charge on any atom is -0.478 e. The molecule has 1 aromatic carbocycles. The molecule has 0 amide bonds. The summed E-state index contributed by atoms with van der Waals surface area (Å²) in [5.41, 5.74) is 3.16. The van der Waals surface area contributed by atoms with Crippen molar-refractivity contribution in [3.8, 4) is 0 Å². The van der Waals surface area contributed by atoms with E-state index in [2.05, 4.69) is 26.2 Å². The third-order valence-corrected chi connectivity index (χ3v) is 3.33. The highest BCUT2D eigenvalue weighted by Crippen LogP contribution is 2.24. The van der Waals surface area contributed by atoms with Crippen molar-refractivity contribution < 1.29 is 9.90 Å². The molecule has 1 aromatic heterocycles. The van der Waals surface area contributed by atoms with Gasteiger partial charge in [0.15, 0.2) is 0 Å². The number of hydrogen-bond donors (Lipinski definition) is 2. The molecule has 19 heavy (non-hydrogen) atoms. The molecule has 0 saturated carbocycles. The van der Waals surface area contributed by atoms with Gasteiger partial charge in [0.25, 0.3) is 0 Å². The summed E-state index contributed by atoms with van der Waals surface area (Å²) in [4.78, 5) is 15.0. The highest BCUT2D eigenvalue weighted by Gasteiger charge is 2.06. The molecular formula is C14H13BrN2O2. The molecule has 0 unspecified atom stereocenters. The Bertz CT molecular complexity index is 597. The Kier molecular flexibility index (Phi) is 4.16. The van der Waals surface area contributed by atoms with Gasteiger partial charge in [-0.05, 0) is 52.7 Å². The van der Waals surface area contributed by atoms with Crippen LogP contribution in [0.5, 0.6) is 0 Å². The predicted molar refractivity (Wildman–Crippen MR) is 77.4 cm³/mol. The summed E-state index contributed by atoms with van der Waals surface area (Å²) in [6, 6.07) is 8.87. The second kappa shape index (κ2) is 5.84. The predicted octanol–water partition coefficient (Wildman–Crippen LogP) is 3.46. The SMILES string of the molecule is Cc1ccc(CNc2ccc(C(=O)O)cc2Br)cn1. The van der Waals surface area contributed by atoms with E-state index in [9.17, 15) is 4.79 Å². The van der Waals surface area contributed by atoms with Crippen LogP contribution in [0.25, 0.3) is 0 Å². The molecule has 0 aliphatic carbocycles. The Labute approximate surface area is 119 Å². The molecule has 0 aliphatic heterocycles. The van der Waals surface area contributed by atoms with Crippen molar-refractivity contribution in [1.82, 2.24) is 4.98 Å². The molecule has 2 rings (SSSR count). The summed E-state index contributed by atoms with van der Waals surface area (Å²) in [5.74, 6) is -0.935. The quantitative estimate of drug-likeness (QED) is 0.905. The maximum absolute atomic E-state index is 10.8. The van der Waals surface area contributed by atoms with Gasteiger partial charge in [0.05, 0.1) is 5.56 Å². The average Bonchev–Trinajstić information content (AvgIpc) is 2.39. The van der Waals surface area contributed by atoms with E-state index in [0.717, 1.165) is 21.4 Å². The van der Waals surface area contributed by atoms with Crippen molar-refractivity contribution in [2.24, 2.45) is 0 Å². The van der Waals surface area contributed by atoms with Crippen LogP contribution >= 0.6 is 15.9 Å². The number of carbonyl (C=O) groups is 1. The third-order valence-electron chi connectivity index (χ3n) is 2.67. The number of nitrogens with one attached hydrogen (secondary N) is 1. The normalized spacial score (nSPS) is 10.2. The van der Waals surface area contributed by atoms with Gasteiger partial charge in [-0.15, -0.1) is 0 Å². The lowest BCUT2D eigenvalue weighted by Crippen LogP contribution is -2.02. The number of benzene rings is 1. The molecule has 98 valence electrons. The van der Waals surface area contributed by atoms with Gasteiger partial charge < -0.3 is 10.4 Å². The van der Waals surface area contributed by atoms with E-state index in [1.54, 1.807) is 18.2 Å². The molecule has 0 aliphatic rings. The number of pyridine rings is 1. The molecule has 4 nitrogen and oxygen atoms in total. The van der Waals surface area contributed by atoms with Gasteiger partial charge in [-0.1, -0.05) is 6.07 Å². The molecular weight excluding hydrogens is 308 g/mol. The van der Waals surface area contributed by atoms with Gasteiger partial charge in [0.1, 0.15) is 0 Å². The number of halogens is 1. The summed E-state index contributed by atoms with van der Waals surface area (Å²) < 4.78 is 0.729. The fourth-order valence-electron chi connectivity index (χ4n) is 1.59. The molecule has 0 saturated heterocycles. The van der Waals surface area contributed by atoms with Crippen LogP contribution < -0.4 is 5.32 Å². The second-order valence-corrected chi connectivity index (χ2v) is 5.02. The first-order valence-corrected chi connectivity index (χ1v) is 6.54. The minimum atomic E-state index is -0.935. The van der Waals surface area contributed by atoms with Crippen LogP contribution in [0.1, 0.15) is 21.6 Å². The van der Waals surface area contributed by atoms with Gasteiger partial charge in [0.2, 0.25) is 0 Å². The van der Waals surface area contributed by atoms with Crippen molar-refractivity contribution in [3.05, 3.63) is 57.8 Å². The van der Waals surface area contributed by atoms with Gasteiger partial charge in [-0.3, -0.25) is 4.98 Å². The van der Waals surface area contributed by atoms with Crippen LogP contribution in [-0.2, 0) is 6.54 Å². The fourth-order valence-corrected chi connectivity index (χ4v) is 2.11. The first-order valence-electron chi connectivity index (χ1n) is 5.74. The van der Waals surface area contributed by atoms with Crippen LogP contribution in [0.15, 0.2) is 41.0 Å². The van der Waals surface area contributed by atoms with E-state index in [-0.39, 0.29) is 5.56 Å². The third kappa shape index (κ3) is 3.54. The van der Waals surface area contributed by atoms with E-state index < -0.39 is 5.97 Å². The first-order chi connectivity index (χ1) is 9.06. The van der Waals surface area contributed by atoms with Crippen molar-refractivity contribution >= 4 is 27.6 Å². The Morgan fingerprint density at radius 1 is 1.37 bits per heavy atom. The van der Waals surface area contributed by atoms with Crippen molar-refractivity contribution in [2.75, 3.05) is 5.32 Å². The Hall–Kier alpha value is -1.88. The van der Waals surface area contributed by atoms with Crippen molar-refractivity contribution in [3.63, 3.8) is 0 Å². The molecule has 0 atom stereocenters. The van der Waals surface area contributed by atoms with E-state index in [4.69, 9.17) is 5.11 Å². The molecule has 0 spiro atoms. The maximum atomic E-state index is 10.8. The lowest BCUT2D eigenvalue weighted by molar-refractivity contribution is 0.0697.